The van der Waals surface area contributed by atoms with E-state index in [4.69, 9.17) is 0 Å². The highest BCUT2D eigenvalue weighted by Gasteiger charge is 2.06. The summed E-state index contributed by atoms with van der Waals surface area (Å²) in [7, 11) is 0. The fourth-order valence-electron chi connectivity index (χ4n) is 1.75. The number of carbonyl (C=O) groups is 1. The Bertz CT molecular complexity index is 581. The molecule has 0 bridgehead atoms. The van der Waals surface area contributed by atoms with Crippen molar-refractivity contribution in [2.75, 3.05) is 29.2 Å². The Labute approximate surface area is 129 Å². The van der Waals surface area contributed by atoms with Crippen molar-refractivity contribution in [2.24, 2.45) is 0 Å². The number of aryl methyl sites for hydroxylation is 1. The van der Waals surface area contributed by atoms with Gasteiger partial charge in [-0.2, -0.15) is 11.8 Å². The first-order valence-electron chi connectivity index (χ1n) is 6.76. The van der Waals surface area contributed by atoms with Gasteiger partial charge in [-0.15, -0.1) is 0 Å². The predicted molar refractivity (Wildman–Crippen MR) is 90.2 cm³/mol. The fourth-order valence-corrected chi connectivity index (χ4v) is 2.06. The number of thioether (sulfide) groups is 1. The summed E-state index contributed by atoms with van der Waals surface area (Å²) >= 11 is 1.78. The standard InChI is InChI=1S/C16H19N3OS/c1-12-3-6-14(7-4-12)19-16(20)13-5-8-15(18-11-13)17-9-10-21-2/h3-8,11H,9-10H2,1-2H3,(H,17,18)(H,19,20). The maximum atomic E-state index is 12.1. The van der Waals surface area contributed by atoms with Gasteiger partial charge in [0, 0.05) is 24.2 Å². The monoisotopic (exact) mass is 301 g/mol. The van der Waals surface area contributed by atoms with E-state index < -0.39 is 0 Å². The van der Waals surface area contributed by atoms with Crippen molar-refractivity contribution < 1.29 is 4.79 Å². The normalized spacial score (nSPS) is 10.2. The maximum Gasteiger partial charge on any atom is 0.257 e. The number of benzene rings is 1. The first kappa shape index (κ1) is 15.4. The molecule has 0 fully saturated rings. The molecule has 0 aliphatic heterocycles. The molecule has 2 aromatic rings. The summed E-state index contributed by atoms with van der Waals surface area (Å²) in [6.07, 6.45) is 3.65. The molecule has 0 unspecified atom stereocenters. The van der Waals surface area contributed by atoms with Crippen molar-refractivity contribution >= 4 is 29.2 Å². The van der Waals surface area contributed by atoms with Crippen LogP contribution in [0.25, 0.3) is 0 Å². The molecule has 1 aromatic carbocycles. The smallest absolute Gasteiger partial charge is 0.257 e. The van der Waals surface area contributed by atoms with Crippen molar-refractivity contribution in [3.8, 4) is 0 Å². The maximum absolute atomic E-state index is 12.1. The van der Waals surface area contributed by atoms with Crippen LogP contribution in [0.4, 0.5) is 11.5 Å². The summed E-state index contributed by atoms with van der Waals surface area (Å²) in [6, 6.07) is 11.3. The number of hydrogen-bond donors (Lipinski definition) is 2. The number of nitrogens with zero attached hydrogens (tertiary/aromatic N) is 1. The van der Waals surface area contributed by atoms with E-state index in [9.17, 15) is 4.79 Å². The number of anilines is 2. The van der Waals surface area contributed by atoms with Gasteiger partial charge in [-0.3, -0.25) is 4.79 Å². The van der Waals surface area contributed by atoms with Crippen molar-refractivity contribution in [1.82, 2.24) is 4.98 Å². The molecule has 21 heavy (non-hydrogen) atoms. The lowest BCUT2D eigenvalue weighted by Crippen LogP contribution is -2.13. The molecular weight excluding hydrogens is 282 g/mol. The second-order valence-electron chi connectivity index (χ2n) is 4.67. The lowest BCUT2D eigenvalue weighted by molar-refractivity contribution is 0.102. The number of rotatable bonds is 6. The molecule has 0 aliphatic carbocycles. The number of carbonyl (C=O) groups excluding carboxylic acids is 1. The van der Waals surface area contributed by atoms with Gasteiger partial charge in [0.25, 0.3) is 5.91 Å². The van der Waals surface area contributed by atoms with E-state index in [1.165, 1.54) is 0 Å². The number of pyridine rings is 1. The van der Waals surface area contributed by atoms with Gasteiger partial charge in [-0.1, -0.05) is 17.7 Å². The molecule has 1 aromatic heterocycles. The quantitative estimate of drug-likeness (QED) is 0.803. The minimum Gasteiger partial charge on any atom is -0.369 e. The highest BCUT2D eigenvalue weighted by molar-refractivity contribution is 7.98. The Kier molecular flexibility index (Phi) is 5.63. The van der Waals surface area contributed by atoms with Crippen LogP contribution in [0.1, 0.15) is 15.9 Å². The molecule has 2 N–H and O–H groups in total. The first-order valence-corrected chi connectivity index (χ1v) is 8.15. The van der Waals surface area contributed by atoms with Crippen LogP contribution in [0.3, 0.4) is 0 Å². The van der Waals surface area contributed by atoms with E-state index in [1.54, 1.807) is 24.0 Å². The van der Waals surface area contributed by atoms with Crippen LogP contribution in [0, 0.1) is 6.92 Å². The highest BCUT2D eigenvalue weighted by Crippen LogP contribution is 2.11. The third-order valence-corrected chi connectivity index (χ3v) is 3.56. The van der Waals surface area contributed by atoms with Gasteiger partial charge in [-0.25, -0.2) is 4.98 Å². The second kappa shape index (κ2) is 7.69. The lowest BCUT2D eigenvalue weighted by Gasteiger charge is -2.07. The molecule has 0 atom stereocenters. The first-order chi connectivity index (χ1) is 10.2. The zero-order chi connectivity index (χ0) is 15.1. The van der Waals surface area contributed by atoms with E-state index in [2.05, 4.69) is 21.9 Å². The Morgan fingerprint density at radius 1 is 1.19 bits per heavy atom. The summed E-state index contributed by atoms with van der Waals surface area (Å²) in [5, 5.41) is 6.06. The Balaban J connectivity index is 1.94. The largest absolute Gasteiger partial charge is 0.369 e. The van der Waals surface area contributed by atoms with E-state index >= 15 is 0 Å². The SMILES string of the molecule is CSCCNc1ccc(C(=O)Nc2ccc(C)cc2)cn1. The Morgan fingerprint density at radius 2 is 1.95 bits per heavy atom. The van der Waals surface area contributed by atoms with Gasteiger partial charge in [0.15, 0.2) is 0 Å². The third kappa shape index (κ3) is 4.79. The van der Waals surface area contributed by atoms with Crippen LogP contribution in [0.5, 0.6) is 0 Å². The van der Waals surface area contributed by atoms with Crippen molar-refractivity contribution in [1.29, 1.82) is 0 Å². The zero-order valence-electron chi connectivity index (χ0n) is 12.2. The molecule has 0 aliphatic rings. The van der Waals surface area contributed by atoms with Crippen LogP contribution in [0.15, 0.2) is 42.6 Å². The highest BCUT2D eigenvalue weighted by atomic mass is 32.2. The van der Waals surface area contributed by atoms with E-state index in [0.29, 0.717) is 5.56 Å². The van der Waals surface area contributed by atoms with Crippen LogP contribution < -0.4 is 10.6 Å². The molecule has 0 saturated carbocycles. The Hall–Kier alpha value is -2.01. The van der Waals surface area contributed by atoms with Gasteiger partial charge in [-0.05, 0) is 37.4 Å². The van der Waals surface area contributed by atoms with E-state index in [1.807, 2.05) is 37.3 Å². The predicted octanol–water partition coefficient (Wildman–Crippen LogP) is 3.42. The van der Waals surface area contributed by atoms with Crippen LogP contribution >= 0.6 is 11.8 Å². The average Bonchev–Trinajstić information content (AvgIpc) is 2.50. The number of amides is 1. The molecule has 2 rings (SSSR count). The molecular formula is C16H19N3OS. The van der Waals surface area contributed by atoms with Gasteiger partial charge < -0.3 is 10.6 Å². The summed E-state index contributed by atoms with van der Waals surface area (Å²) in [5.41, 5.74) is 2.49. The summed E-state index contributed by atoms with van der Waals surface area (Å²) in [6.45, 7) is 2.88. The van der Waals surface area contributed by atoms with E-state index in [0.717, 1.165) is 29.4 Å². The van der Waals surface area contributed by atoms with E-state index in [-0.39, 0.29) is 5.91 Å². The summed E-state index contributed by atoms with van der Waals surface area (Å²) < 4.78 is 0. The minimum atomic E-state index is -0.151. The average molecular weight is 301 g/mol. The number of nitrogens with one attached hydrogen (secondary N) is 2. The summed E-state index contributed by atoms with van der Waals surface area (Å²) in [5.74, 6) is 1.66. The van der Waals surface area contributed by atoms with Crippen molar-refractivity contribution in [3.05, 3.63) is 53.7 Å². The molecule has 0 radical (unpaired) electrons. The molecule has 110 valence electrons. The number of hydrogen-bond acceptors (Lipinski definition) is 4. The van der Waals surface area contributed by atoms with Crippen LogP contribution in [0.2, 0.25) is 0 Å². The zero-order valence-corrected chi connectivity index (χ0v) is 13.0. The number of aromatic nitrogens is 1. The van der Waals surface area contributed by atoms with Gasteiger partial charge in [0.2, 0.25) is 0 Å². The molecule has 1 heterocycles. The molecule has 0 saturated heterocycles. The van der Waals surface area contributed by atoms with Crippen molar-refractivity contribution in [2.45, 2.75) is 6.92 Å². The molecule has 1 amide bonds. The topological polar surface area (TPSA) is 54.0 Å². The van der Waals surface area contributed by atoms with Crippen molar-refractivity contribution in [3.63, 3.8) is 0 Å². The molecule has 5 heteroatoms. The van der Waals surface area contributed by atoms with Crippen LogP contribution in [-0.2, 0) is 0 Å². The summed E-state index contributed by atoms with van der Waals surface area (Å²) in [4.78, 5) is 16.3. The fraction of sp³-hybridized carbons (Fsp3) is 0.250. The van der Waals surface area contributed by atoms with Gasteiger partial charge >= 0.3 is 0 Å². The Morgan fingerprint density at radius 3 is 2.57 bits per heavy atom. The van der Waals surface area contributed by atoms with Gasteiger partial charge in [0.05, 0.1) is 5.56 Å². The molecule has 4 nitrogen and oxygen atoms in total. The minimum absolute atomic E-state index is 0.151. The second-order valence-corrected chi connectivity index (χ2v) is 5.66. The lowest BCUT2D eigenvalue weighted by atomic mass is 10.2. The molecule has 0 spiro atoms. The van der Waals surface area contributed by atoms with Gasteiger partial charge in [0.1, 0.15) is 5.82 Å². The van der Waals surface area contributed by atoms with Crippen LogP contribution in [-0.4, -0.2) is 29.4 Å². The third-order valence-electron chi connectivity index (χ3n) is 2.95.